The van der Waals surface area contributed by atoms with Gasteiger partial charge in [0.1, 0.15) is 5.75 Å². The zero-order valence-electron chi connectivity index (χ0n) is 16.1. The molecule has 0 bridgehead atoms. The van der Waals surface area contributed by atoms with Gasteiger partial charge in [-0.2, -0.15) is 5.10 Å². The molecule has 28 heavy (non-hydrogen) atoms. The summed E-state index contributed by atoms with van der Waals surface area (Å²) in [5, 5.41) is 10.7. The Morgan fingerprint density at radius 1 is 1.43 bits per heavy atom. The average Bonchev–Trinajstić information content (AvgIpc) is 3.37. The first-order chi connectivity index (χ1) is 13.2. The summed E-state index contributed by atoms with van der Waals surface area (Å²) in [4.78, 5) is 15.2. The van der Waals surface area contributed by atoms with E-state index in [1.54, 1.807) is 7.11 Å². The first-order valence-corrected chi connectivity index (χ1v) is 9.55. The van der Waals surface area contributed by atoms with E-state index in [1.807, 2.05) is 29.2 Å². The van der Waals surface area contributed by atoms with Crippen LogP contribution < -0.4 is 10.1 Å². The number of hydrogen-bond donors (Lipinski definition) is 2. The van der Waals surface area contributed by atoms with E-state index in [2.05, 4.69) is 15.5 Å². The molecule has 8 heteroatoms. The molecule has 2 N–H and O–H groups in total. The fraction of sp³-hybridized carbons (Fsp3) is 0.500. The fourth-order valence-electron chi connectivity index (χ4n) is 3.80. The number of carbonyl (C=O) groups excluding carboxylic acids is 1. The van der Waals surface area contributed by atoms with Gasteiger partial charge in [-0.1, -0.05) is 12.1 Å². The molecule has 2 aliphatic heterocycles. The Hall–Kier alpha value is -2.09. The van der Waals surface area contributed by atoms with Gasteiger partial charge in [0.05, 0.1) is 13.2 Å². The van der Waals surface area contributed by atoms with Crippen molar-refractivity contribution in [2.75, 3.05) is 26.8 Å². The van der Waals surface area contributed by atoms with E-state index in [-0.39, 0.29) is 24.4 Å². The molecule has 2 aromatic rings. The van der Waals surface area contributed by atoms with Crippen molar-refractivity contribution in [1.82, 2.24) is 20.4 Å². The van der Waals surface area contributed by atoms with E-state index < -0.39 is 0 Å². The van der Waals surface area contributed by atoms with Crippen molar-refractivity contribution < 1.29 is 14.3 Å². The summed E-state index contributed by atoms with van der Waals surface area (Å²) in [6, 6.07) is 7.84. The molecule has 0 radical (unpaired) electrons. The van der Waals surface area contributed by atoms with Gasteiger partial charge < -0.3 is 19.7 Å². The Morgan fingerprint density at radius 2 is 2.32 bits per heavy atom. The van der Waals surface area contributed by atoms with Crippen LogP contribution in [0, 0.1) is 0 Å². The molecule has 4 rings (SSSR count). The average molecular weight is 407 g/mol. The quantitative estimate of drug-likeness (QED) is 0.769. The number of ether oxygens (including phenoxy) is 2. The lowest BCUT2D eigenvalue weighted by Crippen LogP contribution is -2.38. The first kappa shape index (κ1) is 20.6. The van der Waals surface area contributed by atoms with Gasteiger partial charge >= 0.3 is 0 Å². The lowest BCUT2D eigenvalue weighted by molar-refractivity contribution is 0.0501. The topological polar surface area (TPSA) is 79.5 Å². The third-order valence-electron chi connectivity index (χ3n) is 5.25. The lowest BCUT2D eigenvalue weighted by atomic mass is 10.1. The van der Waals surface area contributed by atoms with Gasteiger partial charge in [-0.25, -0.2) is 0 Å². The minimum atomic E-state index is -0.0467. The second kappa shape index (κ2) is 9.41. The monoisotopic (exact) mass is 406 g/mol. The Bertz CT molecular complexity index is 804. The molecule has 1 fully saturated rings. The Labute approximate surface area is 171 Å². The number of nitrogens with one attached hydrogen (secondary N) is 2. The van der Waals surface area contributed by atoms with Crippen LogP contribution in [0.3, 0.4) is 0 Å². The van der Waals surface area contributed by atoms with Crippen molar-refractivity contribution in [3.8, 4) is 5.75 Å². The Morgan fingerprint density at radius 3 is 3.11 bits per heavy atom. The van der Waals surface area contributed by atoms with E-state index in [1.165, 1.54) is 0 Å². The fourth-order valence-corrected chi connectivity index (χ4v) is 3.80. The van der Waals surface area contributed by atoms with Crippen LogP contribution in [-0.4, -0.2) is 53.9 Å². The molecular weight excluding hydrogens is 380 g/mol. The number of carbonyl (C=O) groups is 1. The van der Waals surface area contributed by atoms with Crippen LogP contribution in [0.5, 0.6) is 5.75 Å². The maximum Gasteiger partial charge on any atom is 0.275 e. The largest absolute Gasteiger partial charge is 0.497 e. The molecule has 7 nitrogen and oxygen atoms in total. The van der Waals surface area contributed by atoms with Crippen LogP contribution in [0.4, 0.5) is 0 Å². The molecule has 3 heterocycles. The number of rotatable bonds is 6. The van der Waals surface area contributed by atoms with Crippen LogP contribution in [0.15, 0.2) is 24.3 Å². The Kier molecular flexibility index (Phi) is 6.93. The van der Waals surface area contributed by atoms with Crippen LogP contribution in [0.1, 0.15) is 40.2 Å². The molecule has 0 spiro atoms. The third-order valence-corrected chi connectivity index (χ3v) is 5.25. The van der Waals surface area contributed by atoms with E-state index in [0.717, 1.165) is 55.0 Å². The van der Waals surface area contributed by atoms with Crippen LogP contribution >= 0.6 is 12.4 Å². The van der Waals surface area contributed by atoms with Gasteiger partial charge in [-0.05, 0) is 30.5 Å². The highest BCUT2D eigenvalue weighted by molar-refractivity contribution is 5.94. The molecule has 1 atom stereocenters. The summed E-state index contributed by atoms with van der Waals surface area (Å²) >= 11 is 0. The third kappa shape index (κ3) is 4.48. The number of amides is 1. The van der Waals surface area contributed by atoms with Crippen molar-refractivity contribution in [2.45, 2.75) is 38.5 Å². The Balaban J connectivity index is 0.00000225. The van der Waals surface area contributed by atoms with Gasteiger partial charge in [0.2, 0.25) is 0 Å². The number of hydrogen-bond acceptors (Lipinski definition) is 5. The highest BCUT2D eigenvalue weighted by atomic mass is 35.5. The minimum absolute atomic E-state index is 0. The second-order valence-electron chi connectivity index (χ2n) is 7.13. The number of aromatic amines is 1. The summed E-state index contributed by atoms with van der Waals surface area (Å²) in [6.07, 6.45) is 3.00. The number of H-pyrrole nitrogens is 1. The molecule has 1 unspecified atom stereocenters. The van der Waals surface area contributed by atoms with E-state index in [0.29, 0.717) is 25.3 Å². The number of aromatic nitrogens is 2. The number of methoxy groups -OCH3 is 1. The lowest BCUT2D eigenvalue weighted by Gasteiger charge is -2.26. The summed E-state index contributed by atoms with van der Waals surface area (Å²) in [5.41, 5.74) is 3.62. The van der Waals surface area contributed by atoms with Crippen molar-refractivity contribution in [3.05, 3.63) is 46.8 Å². The SMILES string of the molecule is COc1cccc(CN(CC2CCCO2)C(=O)c2n[nH]c3c2CNCC3)c1.Cl. The van der Waals surface area contributed by atoms with Crippen LogP contribution in [-0.2, 0) is 24.2 Å². The first-order valence-electron chi connectivity index (χ1n) is 9.55. The van der Waals surface area contributed by atoms with E-state index in [9.17, 15) is 4.79 Å². The van der Waals surface area contributed by atoms with Crippen molar-refractivity contribution in [2.24, 2.45) is 0 Å². The highest BCUT2D eigenvalue weighted by Crippen LogP contribution is 2.22. The molecule has 0 saturated carbocycles. The summed E-state index contributed by atoms with van der Waals surface area (Å²) in [6.45, 7) is 3.44. The minimum Gasteiger partial charge on any atom is -0.497 e. The molecule has 1 aromatic carbocycles. The summed E-state index contributed by atoms with van der Waals surface area (Å²) < 4.78 is 11.1. The summed E-state index contributed by atoms with van der Waals surface area (Å²) in [7, 11) is 1.65. The maximum atomic E-state index is 13.4. The number of nitrogens with zero attached hydrogens (tertiary/aromatic N) is 2. The van der Waals surface area contributed by atoms with Gasteiger partial charge in [0, 0.05) is 50.5 Å². The molecule has 152 valence electrons. The zero-order chi connectivity index (χ0) is 18.6. The molecule has 1 saturated heterocycles. The molecular formula is C20H27ClN4O3. The maximum absolute atomic E-state index is 13.4. The standard InChI is InChI=1S/C20H26N4O3.ClH/c1-26-15-5-2-4-14(10-15)12-24(13-16-6-3-9-27-16)20(25)19-17-11-21-8-7-18(17)22-23-19;/h2,4-5,10,16,21H,3,6-9,11-13H2,1H3,(H,22,23);1H. The van der Waals surface area contributed by atoms with Crippen molar-refractivity contribution in [1.29, 1.82) is 0 Å². The second-order valence-corrected chi connectivity index (χ2v) is 7.13. The predicted molar refractivity (Wildman–Crippen MR) is 108 cm³/mol. The number of halogens is 1. The van der Waals surface area contributed by atoms with E-state index >= 15 is 0 Å². The zero-order valence-corrected chi connectivity index (χ0v) is 16.9. The highest BCUT2D eigenvalue weighted by Gasteiger charge is 2.28. The smallest absolute Gasteiger partial charge is 0.275 e. The molecule has 2 aliphatic rings. The normalized spacial score (nSPS) is 18.2. The molecule has 0 aliphatic carbocycles. The number of benzene rings is 1. The van der Waals surface area contributed by atoms with E-state index in [4.69, 9.17) is 9.47 Å². The van der Waals surface area contributed by atoms with Gasteiger partial charge in [0.15, 0.2) is 5.69 Å². The van der Waals surface area contributed by atoms with Crippen LogP contribution in [0.25, 0.3) is 0 Å². The molecule has 1 amide bonds. The van der Waals surface area contributed by atoms with Crippen LogP contribution in [0.2, 0.25) is 0 Å². The van der Waals surface area contributed by atoms with Crippen molar-refractivity contribution >= 4 is 18.3 Å². The van der Waals surface area contributed by atoms with Crippen molar-refractivity contribution in [3.63, 3.8) is 0 Å². The number of fused-ring (bicyclic) bond motifs is 1. The predicted octanol–water partition coefficient (Wildman–Crippen LogP) is 2.31. The summed E-state index contributed by atoms with van der Waals surface area (Å²) in [5.74, 6) is 0.743. The van der Waals surface area contributed by atoms with Gasteiger partial charge in [-0.3, -0.25) is 9.89 Å². The van der Waals surface area contributed by atoms with Gasteiger partial charge in [-0.15, -0.1) is 12.4 Å². The molecule has 1 aromatic heterocycles. The van der Waals surface area contributed by atoms with Gasteiger partial charge in [0.25, 0.3) is 5.91 Å².